The molecule has 3 aromatic rings. The fraction of sp³-hybridized carbons (Fsp3) is 0.440. The maximum atomic E-state index is 14.2. The summed E-state index contributed by atoms with van der Waals surface area (Å²) in [5.74, 6) is 0.975. The minimum Gasteiger partial charge on any atom is -0.496 e. The molecule has 6 nitrogen and oxygen atoms in total. The van der Waals surface area contributed by atoms with Gasteiger partial charge in [-0.25, -0.2) is 4.59 Å². The highest BCUT2D eigenvalue weighted by Gasteiger charge is 2.38. The summed E-state index contributed by atoms with van der Waals surface area (Å²) in [6, 6.07) is 4.29. The molecular formula is C25H30BrN4O2S+. The first-order valence-electron chi connectivity index (χ1n) is 11.5. The van der Waals surface area contributed by atoms with Gasteiger partial charge in [-0.2, -0.15) is 5.01 Å². The molecule has 2 aromatic heterocycles. The molecule has 0 atom stereocenters. The first kappa shape index (κ1) is 22.6. The lowest BCUT2D eigenvalue weighted by Gasteiger charge is -2.36. The number of methoxy groups -OCH3 is 1. The molecule has 5 rings (SSSR count). The van der Waals surface area contributed by atoms with Crippen molar-refractivity contribution in [1.82, 2.24) is 14.6 Å². The third-order valence-corrected chi connectivity index (χ3v) is 8.15. The molecule has 1 amide bonds. The Morgan fingerprint density at radius 1 is 1.09 bits per heavy atom. The number of amides is 1. The van der Waals surface area contributed by atoms with E-state index in [1.807, 2.05) is 16.7 Å². The number of hydrogen-bond acceptors (Lipinski definition) is 4. The molecule has 2 aliphatic heterocycles. The molecule has 174 valence electrons. The molecule has 8 heteroatoms. The summed E-state index contributed by atoms with van der Waals surface area (Å²) in [6.07, 6.45) is 6.95. The number of halogens is 1. The quantitative estimate of drug-likeness (QED) is 0.427. The van der Waals surface area contributed by atoms with Crippen molar-refractivity contribution in [2.24, 2.45) is 0 Å². The Labute approximate surface area is 207 Å². The lowest BCUT2D eigenvalue weighted by atomic mass is 9.93. The summed E-state index contributed by atoms with van der Waals surface area (Å²) in [5, 5.41) is 2.02. The van der Waals surface area contributed by atoms with Crippen LogP contribution in [-0.4, -0.2) is 59.9 Å². The van der Waals surface area contributed by atoms with Crippen molar-refractivity contribution >= 4 is 33.2 Å². The van der Waals surface area contributed by atoms with Gasteiger partial charge in [0, 0.05) is 23.9 Å². The number of quaternary nitrogens is 1. The lowest BCUT2D eigenvalue weighted by Crippen LogP contribution is -2.55. The largest absolute Gasteiger partial charge is 0.496 e. The van der Waals surface area contributed by atoms with Crippen molar-refractivity contribution in [2.75, 3.05) is 34.8 Å². The van der Waals surface area contributed by atoms with E-state index in [0.717, 1.165) is 71.7 Å². The number of thiazole rings is 1. The minimum atomic E-state index is 0.132. The van der Waals surface area contributed by atoms with Gasteiger partial charge in [-0.15, -0.1) is 11.3 Å². The summed E-state index contributed by atoms with van der Waals surface area (Å²) in [5.41, 5.74) is 8.68. The van der Waals surface area contributed by atoms with E-state index in [-0.39, 0.29) is 5.91 Å². The van der Waals surface area contributed by atoms with Gasteiger partial charge in [-0.05, 0) is 64.9 Å². The Kier molecular flexibility index (Phi) is 5.87. The van der Waals surface area contributed by atoms with Crippen LogP contribution >= 0.6 is 27.3 Å². The summed E-state index contributed by atoms with van der Waals surface area (Å²) in [6.45, 7) is 1.56. The number of ether oxygens (including phenoxy) is 1. The van der Waals surface area contributed by atoms with Crippen molar-refractivity contribution in [3.63, 3.8) is 0 Å². The molecule has 0 radical (unpaired) electrons. The zero-order valence-electron chi connectivity index (χ0n) is 19.7. The molecule has 0 N–H and O–H groups in total. The van der Waals surface area contributed by atoms with Crippen LogP contribution in [0.25, 0.3) is 21.7 Å². The molecule has 0 saturated heterocycles. The Morgan fingerprint density at radius 2 is 1.91 bits per heavy atom. The van der Waals surface area contributed by atoms with E-state index in [1.54, 1.807) is 18.4 Å². The van der Waals surface area contributed by atoms with Crippen molar-refractivity contribution < 1.29 is 14.1 Å². The minimum absolute atomic E-state index is 0.132. The Bertz CT molecular complexity index is 1210. The van der Waals surface area contributed by atoms with Crippen molar-refractivity contribution in [1.29, 1.82) is 0 Å². The normalized spacial score (nSPS) is 16.4. The Hall–Kier alpha value is -2.16. The first-order chi connectivity index (χ1) is 15.8. The van der Waals surface area contributed by atoms with Crippen LogP contribution in [0, 0.1) is 0 Å². The molecule has 4 heterocycles. The number of benzene rings is 1. The van der Waals surface area contributed by atoms with Crippen LogP contribution in [0.5, 0.6) is 5.75 Å². The zero-order chi connectivity index (χ0) is 23.3. The number of hydrogen-bond donors (Lipinski definition) is 0. The van der Waals surface area contributed by atoms with Gasteiger partial charge in [0.05, 0.1) is 55.4 Å². The van der Waals surface area contributed by atoms with Crippen LogP contribution in [0.1, 0.15) is 40.9 Å². The van der Waals surface area contributed by atoms with Gasteiger partial charge in [0.25, 0.3) is 0 Å². The highest BCUT2D eigenvalue weighted by molar-refractivity contribution is 9.10. The van der Waals surface area contributed by atoms with Crippen molar-refractivity contribution in [3.05, 3.63) is 45.1 Å². The first-order valence-corrected chi connectivity index (χ1v) is 13.1. The smallest absolute Gasteiger partial charge is 0.315 e. The summed E-state index contributed by atoms with van der Waals surface area (Å²) >= 11 is 5.34. The number of carbonyl (C=O) groups excluding carboxylic acids is 1. The number of aryl methyl sites for hydroxylation is 1. The number of nitrogens with zero attached hydrogens (tertiary/aromatic N) is 4. The van der Waals surface area contributed by atoms with E-state index in [1.165, 1.54) is 22.3 Å². The summed E-state index contributed by atoms with van der Waals surface area (Å²) < 4.78 is 9.29. The third kappa shape index (κ3) is 3.82. The zero-order valence-corrected chi connectivity index (χ0v) is 22.1. The van der Waals surface area contributed by atoms with Gasteiger partial charge >= 0.3 is 5.91 Å². The molecular weight excluding hydrogens is 500 g/mol. The molecule has 1 aromatic carbocycles. The molecule has 0 saturated carbocycles. The van der Waals surface area contributed by atoms with Crippen molar-refractivity contribution in [3.8, 4) is 27.4 Å². The van der Waals surface area contributed by atoms with Crippen LogP contribution in [0.3, 0.4) is 0 Å². The second-order valence-electron chi connectivity index (χ2n) is 9.64. The van der Waals surface area contributed by atoms with E-state index in [0.29, 0.717) is 4.59 Å². The molecule has 0 unspecified atom stereocenters. The van der Waals surface area contributed by atoms with Gasteiger partial charge in [-0.1, -0.05) is 6.42 Å². The molecule has 0 spiro atoms. The van der Waals surface area contributed by atoms with Crippen LogP contribution in [-0.2, 0) is 19.4 Å². The maximum Gasteiger partial charge on any atom is 0.315 e. The second kappa shape index (κ2) is 8.56. The topological polar surface area (TPSA) is 47.4 Å². The predicted molar refractivity (Wildman–Crippen MR) is 136 cm³/mol. The van der Waals surface area contributed by atoms with Gasteiger partial charge in [0.1, 0.15) is 11.4 Å². The van der Waals surface area contributed by atoms with Gasteiger partial charge in [-0.3, -0.25) is 9.78 Å². The Morgan fingerprint density at radius 3 is 2.61 bits per heavy atom. The fourth-order valence-corrected chi connectivity index (χ4v) is 6.42. The average molecular weight is 531 g/mol. The number of fused-ring (bicyclic) bond motifs is 5. The Balaban J connectivity index is 1.82. The SMILES string of the molecule is COc1cc2c(cc1Br)-c1c(-c3cncs3)c3c(n1CC2)C(=O)N([N+](C)(C)C)CCCCC3. The van der Waals surface area contributed by atoms with Gasteiger partial charge < -0.3 is 9.30 Å². The highest BCUT2D eigenvalue weighted by Crippen LogP contribution is 2.47. The van der Waals surface area contributed by atoms with Crippen LogP contribution < -0.4 is 4.74 Å². The van der Waals surface area contributed by atoms with Crippen LogP contribution in [0.2, 0.25) is 0 Å². The lowest BCUT2D eigenvalue weighted by molar-refractivity contribution is -0.973. The van der Waals surface area contributed by atoms with Crippen molar-refractivity contribution in [2.45, 2.75) is 38.6 Å². The standard InChI is InChI=1S/C25H30BrN4O2S/c1-30(2,3)29-10-7-5-6-8-17-22(21-14-27-15-33-21)23-18-13-19(26)20(32-4)12-16(18)9-11-28(23)24(17)25(29)31/h12-15H,5-11H2,1-4H3/q+1. The molecule has 0 bridgehead atoms. The summed E-state index contributed by atoms with van der Waals surface area (Å²) in [7, 11) is 7.95. The predicted octanol–water partition coefficient (Wildman–Crippen LogP) is 5.40. The van der Waals surface area contributed by atoms with Gasteiger partial charge in [0.2, 0.25) is 0 Å². The van der Waals surface area contributed by atoms with Crippen LogP contribution in [0.15, 0.2) is 28.3 Å². The summed E-state index contributed by atoms with van der Waals surface area (Å²) in [4.78, 5) is 19.7. The fourth-order valence-electron chi connectivity index (χ4n) is 5.22. The molecule has 2 aliphatic rings. The third-order valence-electron chi connectivity index (χ3n) is 6.74. The average Bonchev–Trinajstić information content (AvgIpc) is 3.40. The van der Waals surface area contributed by atoms with E-state index < -0.39 is 0 Å². The van der Waals surface area contributed by atoms with Crippen LogP contribution in [0.4, 0.5) is 0 Å². The van der Waals surface area contributed by atoms with E-state index in [2.05, 4.69) is 58.8 Å². The maximum absolute atomic E-state index is 14.2. The van der Waals surface area contributed by atoms with Gasteiger partial charge in [0.15, 0.2) is 0 Å². The molecule has 0 aliphatic carbocycles. The van der Waals surface area contributed by atoms with E-state index in [4.69, 9.17) is 4.74 Å². The van der Waals surface area contributed by atoms with E-state index >= 15 is 0 Å². The monoisotopic (exact) mass is 529 g/mol. The molecule has 0 fully saturated rings. The second-order valence-corrected chi connectivity index (χ2v) is 11.4. The number of rotatable bonds is 3. The highest BCUT2D eigenvalue weighted by atomic mass is 79.9. The molecule has 33 heavy (non-hydrogen) atoms. The number of carbonyl (C=O) groups is 1. The number of aromatic nitrogens is 2. The van der Waals surface area contributed by atoms with E-state index in [9.17, 15) is 4.79 Å².